The minimum atomic E-state index is -0.930. The fourth-order valence-electron chi connectivity index (χ4n) is 4.30. The number of ether oxygens (including phenoxy) is 2. The van der Waals surface area contributed by atoms with Gasteiger partial charge in [-0.25, -0.2) is 4.79 Å². The van der Waals surface area contributed by atoms with E-state index in [0.717, 1.165) is 29.0 Å². The van der Waals surface area contributed by atoms with Gasteiger partial charge >= 0.3 is 5.97 Å². The number of hydrogen-bond acceptors (Lipinski definition) is 4. The van der Waals surface area contributed by atoms with Crippen molar-refractivity contribution in [1.29, 1.82) is 0 Å². The van der Waals surface area contributed by atoms with Gasteiger partial charge in [-0.05, 0) is 47.7 Å². The van der Waals surface area contributed by atoms with Crippen molar-refractivity contribution in [3.63, 3.8) is 0 Å². The van der Waals surface area contributed by atoms with Crippen LogP contribution in [0.3, 0.4) is 0 Å². The maximum atomic E-state index is 11.7. The van der Waals surface area contributed by atoms with E-state index in [-0.39, 0.29) is 24.7 Å². The lowest BCUT2D eigenvalue weighted by atomic mass is 9.75. The summed E-state index contributed by atoms with van der Waals surface area (Å²) >= 11 is 6.43. The van der Waals surface area contributed by atoms with Crippen LogP contribution in [-0.4, -0.2) is 17.9 Å². The molecule has 3 atom stereocenters. The van der Waals surface area contributed by atoms with E-state index in [1.54, 1.807) is 12.1 Å². The standard InChI is InChI=1S/C20H16ClNO4/c21-14-6-5-13(20(23)24)17-11-2-1-3-12(11)18(22-19(14)17)10-4-7-15-16(8-10)26-9-25-15/h1-2,4-8,11-12,18,22H,3,9H2,(H,23,24)/t11-,12-,18-/m1/s1. The first kappa shape index (κ1) is 15.6. The summed E-state index contributed by atoms with van der Waals surface area (Å²) in [4.78, 5) is 11.7. The van der Waals surface area contributed by atoms with Gasteiger partial charge in [-0.15, -0.1) is 0 Å². The molecule has 2 heterocycles. The van der Waals surface area contributed by atoms with Crippen molar-refractivity contribution in [2.75, 3.05) is 12.1 Å². The van der Waals surface area contributed by atoms with E-state index in [4.69, 9.17) is 21.1 Å². The Bertz CT molecular complexity index is 955. The van der Waals surface area contributed by atoms with E-state index in [2.05, 4.69) is 17.5 Å². The molecule has 0 spiro atoms. The summed E-state index contributed by atoms with van der Waals surface area (Å²) in [6, 6.07) is 9.19. The van der Waals surface area contributed by atoms with Gasteiger partial charge in [0.15, 0.2) is 11.5 Å². The molecule has 132 valence electrons. The quantitative estimate of drug-likeness (QED) is 0.757. The summed E-state index contributed by atoms with van der Waals surface area (Å²) in [5, 5.41) is 13.7. The number of carbonyl (C=O) groups is 1. The summed E-state index contributed by atoms with van der Waals surface area (Å²) in [5.74, 6) is 0.798. The lowest BCUT2D eigenvalue weighted by Crippen LogP contribution is -2.30. The van der Waals surface area contributed by atoms with Crippen LogP contribution >= 0.6 is 11.6 Å². The Kier molecular flexibility index (Phi) is 3.40. The second-order valence-corrected chi connectivity index (χ2v) is 7.18. The van der Waals surface area contributed by atoms with Crippen molar-refractivity contribution in [3.05, 3.63) is 64.2 Å². The van der Waals surface area contributed by atoms with Gasteiger partial charge in [0.05, 0.1) is 22.3 Å². The van der Waals surface area contributed by atoms with Crippen LogP contribution in [0.15, 0.2) is 42.5 Å². The Morgan fingerprint density at radius 1 is 1.19 bits per heavy atom. The number of anilines is 1. The molecule has 0 saturated carbocycles. The number of fused-ring (bicyclic) bond motifs is 4. The van der Waals surface area contributed by atoms with Crippen molar-refractivity contribution in [2.24, 2.45) is 5.92 Å². The van der Waals surface area contributed by atoms with E-state index in [1.807, 2.05) is 18.2 Å². The van der Waals surface area contributed by atoms with Gasteiger partial charge in [0.1, 0.15) is 0 Å². The van der Waals surface area contributed by atoms with E-state index in [1.165, 1.54) is 0 Å². The molecule has 26 heavy (non-hydrogen) atoms. The number of allylic oxidation sites excluding steroid dienone is 2. The summed E-state index contributed by atoms with van der Waals surface area (Å²) in [7, 11) is 0. The molecule has 0 saturated heterocycles. The van der Waals surface area contributed by atoms with Gasteiger partial charge < -0.3 is 19.9 Å². The molecule has 2 aromatic rings. The minimum Gasteiger partial charge on any atom is -0.478 e. The highest BCUT2D eigenvalue weighted by atomic mass is 35.5. The summed E-state index contributed by atoms with van der Waals surface area (Å²) in [6.07, 6.45) is 5.10. The molecule has 0 bridgehead atoms. The minimum absolute atomic E-state index is 0.0125. The lowest BCUT2D eigenvalue weighted by Gasteiger charge is -2.38. The highest BCUT2D eigenvalue weighted by Crippen LogP contribution is 2.53. The summed E-state index contributed by atoms with van der Waals surface area (Å²) in [6.45, 7) is 0.237. The maximum Gasteiger partial charge on any atom is 0.336 e. The highest BCUT2D eigenvalue weighted by molar-refractivity contribution is 6.33. The number of nitrogens with one attached hydrogen (secondary N) is 1. The van der Waals surface area contributed by atoms with Crippen LogP contribution in [0.4, 0.5) is 5.69 Å². The van der Waals surface area contributed by atoms with Crippen LogP contribution in [0.2, 0.25) is 5.02 Å². The zero-order valence-electron chi connectivity index (χ0n) is 13.7. The van der Waals surface area contributed by atoms with Crippen LogP contribution < -0.4 is 14.8 Å². The maximum absolute atomic E-state index is 11.7. The van der Waals surface area contributed by atoms with Crippen molar-refractivity contribution in [3.8, 4) is 11.5 Å². The van der Waals surface area contributed by atoms with Crippen molar-refractivity contribution in [2.45, 2.75) is 18.4 Å². The third-order valence-corrected chi connectivity index (χ3v) is 5.77. The Morgan fingerprint density at radius 2 is 2.04 bits per heavy atom. The normalized spacial score (nSPS) is 24.7. The van der Waals surface area contributed by atoms with Crippen LogP contribution in [0.25, 0.3) is 0 Å². The lowest BCUT2D eigenvalue weighted by molar-refractivity contribution is 0.0695. The fourth-order valence-corrected chi connectivity index (χ4v) is 4.52. The molecule has 0 radical (unpaired) electrons. The van der Waals surface area contributed by atoms with E-state index < -0.39 is 5.97 Å². The zero-order valence-corrected chi connectivity index (χ0v) is 14.5. The topological polar surface area (TPSA) is 67.8 Å². The fraction of sp³-hybridized carbons (Fsp3) is 0.250. The molecule has 5 nitrogen and oxygen atoms in total. The van der Waals surface area contributed by atoms with Crippen LogP contribution in [0.1, 0.15) is 39.9 Å². The molecular weight excluding hydrogens is 354 g/mol. The molecule has 0 amide bonds. The predicted molar refractivity (Wildman–Crippen MR) is 97.3 cm³/mol. The van der Waals surface area contributed by atoms with Gasteiger partial charge in [0.2, 0.25) is 6.79 Å². The third kappa shape index (κ3) is 2.20. The molecule has 1 aliphatic carbocycles. The molecule has 0 unspecified atom stereocenters. The van der Waals surface area contributed by atoms with Crippen molar-refractivity contribution < 1.29 is 19.4 Å². The van der Waals surface area contributed by atoms with Crippen LogP contribution in [0, 0.1) is 5.92 Å². The zero-order chi connectivity index (χ0) is 17.8. The number of carboxylic acid groups (broad SMARTS) is 1. The van der Waals surface area contributed by atoms with Crippen molar-refractivity contribution in [1.82, 2.24) is 0 Å². The van der Waals surface area contributed by atoms with E-state index in [0.29, 0.717) is 16.3 Å². The first-order valence-corrected chi connectivity index (χ1v) is 8.89. The highest BCUT2D eigenvalue weighted by Gasteiger charge is 2.41. The molecule has 3 aliphatic rings. The largest absolute Gasteiger partial charge is 0.478 e. The monoisotopic (exact) mass is 369 g/mol. The number of halogens is 1. The summed E-state index contributed by atoms with van der Waals surface area (Å²) < 4.78 is 10.9. The molecule has 2 N–H and O–H groups in total. The summed E-state index contributed by atoms with van der Waals surface area (Å²) in [5.41, 5.74) is 2.88. The Hall–Kier alpha value is -2.66. The van der Waals surface area contributed by atoms with Gasteiger partial charge in [0, 0.05) is 5.92 Å². The SMILES string of the molecule is O=C(O)c1ccc(Cl)c2c1[C@@H]1C=CC[C@H]1[C@@H](c1ccc3c(c1)OCO3)N2. The first-order valence-electron chi connectivity index (χ1n) is 8.52. The van der Waals surface area contributed by atoms with Crippen LogP contribution in [0.5, 0.6) is 11.5 Å². The molecule has 0 aromatic heterocycles. The molecule has 0 fully saturated rings. The molecule has 2 aliphatic heterocycles. The average Bonchev–Trinajstić information content (AvgIpc) is 3.29. The van der Waals surface area contributed by atoms with Gasteiger partial charge in [0.25, 0.3) is 0 Å². The molecule has 5 rings (SSSR count). The Morgan fingerprint density at radius 3 is 2.88 bits per heavy atom. The number of rotatable bonds is 2. The second-order valence-electron chi connectivity index (χ2n) is 6.78. The number of hydrogen-bond donors (Lipinski definition) is 2. The average molecular weight is 370 g/mol. The number of aromatic carboxylic acids is 1. The number of benzene rings is 2. The number of carboxylic acids is 1. The van der Waals surface area contributed by atoms with Gasteiger partial charge in [-0.1, -0.05) is 29.8 Å². The Labute approximate surface area is 155 Å². The van der Waals surface area contributed by atoms with E-state index >= 15 is 0 Å². The first-order chi connectivity index (χ1) is 12.6. The van der Waals surface area contributed by atoms with Gasteiger partial charge in [-0.2, -0.15) is 0 Å². The van der Waals surface area contributed by atoms with Crippen LogP contribution in [-0.2, 0) is 0 Å². The van der Waals surface area contributed by atoms with Crippen molar-refractivity contribution >= 4 is 23.3 Å². The van der Waals surface area contributed by atoms with E-state index in [9.17, 15) is 9.90 Å². The van der Waals surface area contributed by atoms with Gasteiger partial charge in [-0.3, -0.25) is 0 Å². The second kappa shape index (κ2) is 5.68. The molecule has 2 aromatic carbocycles. The Balaban J connectivity index is 1.64. The predicted octanol–water partition coefficient (Wildman–Crippen LogP) is 4.59. The smallest absolute Gasteiger partial charge is 0.336 e. The third-order valence-electron chi connectivity index (χ3n) is 5.46. The molecule has 6 heteroatoms. The molecular formula is C20H16ClNO4.